The molecule has 7 heteroatoms. The third kappa shape index (κ3) is 3.58. The largest absolute Gasteiger partial charge is 0.504 e. The van der Waals surface area contributed by atoms with E-state index in [1.54, 1.807) is 30.3 Å². The maximum Gasteiger partial charge on any atom is 0.168 e. The summed E-state index contributed by atoms with van der Waals surface area (Å²) in [7, 11) is 0. The molecule has 0 amide bonds. The zero-order valence-electron chi connectivity index (χ0n) is 10.7. The van der Waals surface area contributed by atoms with Crippen molar-refractivity contribution in [2.24, 2.45) is 5.10 Å². The van der Waals surface area contributed by atoms with Crippen molar-refractivity contribution in [3.05, 3.63) is 41.0 Å². The van der Waals surface area contributed by atoms with Crippen molar-refractivity contribution in [1.82, 2.24) is 10.2 Å². The molecule has 0 aliphatic heterocycles. The number of aromatic nitrogens is 2. The average molecular weight is 293 g/mol. The summed E-state index contributed by atoms with van der Waals surface area (Å²) >= 11 is 5.62. The van der Waals surface area contributed by atoms with Gasteiger partial charge in [-0.2, -0.15) is 5.10 Å². The van der Waals surface area contributed by atoms with Crippen molar-refractivity contribution < 1.29 is 9.84 Å². The van der Waals surface area contributed by atoms with E-state index in [0.29, 0.717) is 28.9 Å². The highest BCUT2D eigenvalue weighted by Gasteiger charge is 2.05. The van der Waals surface area contributed by atoms with Crippen molar-refractivity contribution >= 4 is 23.6 Å². The highest BCUT2D eigenvalue weighted by atomic mass is 35.5. The molecule has 20 heavy (non-hydrogen) atoms. The Labute approximate surface area is 121 Å². The number of nitrogens with zero attached hydrogens (tertiary/aromatic N) is 3. The second-order valence-electron chi connectivity index (χ2n) is 3.74. The average Bonchev–Trinajstić information content (AvgIpc) is 2.45. The number of rotatable bonds is 5. The predicted molar refractivity (Wildman–Crippen MR) is 77.5 cm³/mol. The fourth-order valence-electron chi connectivity index (χ4n) is 1.46. The van der Waals surface area contributed by atoms with Crippen molar-refractivity contribution in [3.63, 3.8) is 0 Å². The van der Waals surface area contributed by atoms with E-state index in [2.05, 4.69) is 20.7 Å². The van der Waals surface area contributed by atoms with Crippen molar-refractivity contribution in [2.75, 3.05) is 12.0 Å². The van der Waals surface area contributed by atoms with E-state index in [0.717, 1.165) is 0 Å². The minimum Gasteiger partial charge on any atom is -0.504 e. The van der Waals surface area contributed by atoms with Crippen LogP contribution >= 0.6 is 11.6 Å². The third-order valence-corrected chi connectivity index (χ3v) is 2.55. The van der Waals surface area contributed by atoms with E-state index >= 15 is 0 Å². The highest BCUT2D eigenvalue weighted by molar-refractivity contribution is 6.29. The third-order valence-electron chi connectivity index (χ3n) is 2.34. The summed E-state index contributed by atoms with van der Waals surface area (Å²) < 4.78 is 5.29. The Bertz CT molecular complexity index is 602. The number of benzene rings is 1. The molecular formula is C13H13ClN4O2. The summed E-state index contributed by atoms with van der Waals surface area (Å²) in [5.41, 5.74) is 3.22. The van der Waals surface area contributed by atoms with Gasteiger partial charge in [-0.05, 0) is 31.2 Å². The molecule has 0 saturated carbocycles. The van der Waals surface area contributed by atoms with Crippen LogP contribution in [0, 0.1) is 0 Å². The second kappa shape index (κ2) is 6.72. The van der Waals surface area contributed by atoms with Gasteiger partial charge in [0.25, 0.3) is 0 Å². The van der Waals surface area contributed by atoms with Gasteiger partial charge in [-0.1, -0.05) is 17.7 Å². The fraction of sp³-hybridized carbons (Fsp3) is 0.154. The Balaban J connectivity index is 2.07. The molecule has 0 spiro atoms. The molecule has 0 aliphatic rings. The smallest absolute Gasteiger partial charge is 0.168 e. The van der Waals surface area contributed by atoms with Gasteiger partial charge in [0.1, 0.15) is 0 Å². The van der Waals surface area contributed by atoms with E-state index in [4.69, 9.17) is 16.3 Å². The van der Waals surface area contributed by atoms with Crippen molar-refractivity contribution in [2.45, 2.75) is 6.92 Å². The zero-order chi connectivity index (χ0) is 14.4. The van der Waals surface area contributed by atoms with Crippen LogP contribution in [0.1, 0.15) is 12.5 Å². The lowest BCUT2D eigenvalue weighted by atomic mass is 10.2. The first kappa shape index (κ1) is 14.1. The topological polar surface area (TPSA) is 79.6 Å². The molecule has 0 unspecified atom stereocenters. The van der Waals surface area contributed by atoms with Gasteiger partial charge in [0.05, 0.1) is 12.8 Å². The van der Waals surface area contributed by atoms with Crippen LogP contribution in [-0.4, -0.2) is 28.1 Å². The second-order valence-corrected chi connectivity index (χ2v) is 4.13. The minimum absolute atomic E-state index is 0.0436. The van der Waals surface area contributed by atoms with Gasteiger partial charge < -0.3 is 9.84 Å². The van der Waals surface area contributed by atoms with Crippen molar-refractivity contribution in [3.8, 4) is 11.5 Å². The molecule has 0 aliphatic carbocycles. The fourth-order valence-corrected chi connectivity index (χ4v) is 1.56. The lowest BCUT2D eigenvalue weighted by Gasteiger charge is -2.07. The van der Waals surface area contributed by atoms with Crippen molar-refractivity contribution in [1.29, 1.82) is 0 Å². The van der Waals surface area contributed by atoms with Crippen LogP contribution in [0.2, 0.25) is 5.15 Å². The molecule has 2 rings (SSSR count). The number of hydrazone groups is 1. The molecule has 1 aromatic carbocycles. The quantitative estimate of drug-likeness (QED) is 0.654. The number of hydrogen-bond acceptors (Lipinski definition) is 6. The van der Waals surface area contributed by atoms with Gasteiger partial charge in [0, 0.05) is 5.56 Å². The first-order chi connectivity index (χ1) is 9.70. The summed E-state index contributed by atoms with van der Waals surface area (Å²) in [6.07, 6.45) is 1.47. The monoisotopic (exact) mass is 292 g/mol. The Hall–Kier alpha value is -2.34. The Kier molecular flexibility index (Phi) is 4.73. The predicted octanol–water partition coefficient (Wildman–Crippen LogP) is 2.68. The van der Waals surface area contributed by atoms with Gasteiger partial charge in [0.2, 0.25) is 0 Å². The number of phenolic OH excluding ortho intramolecular Hbond substituents is 1. The van der Waals surface area contributed by atoms with Crippen LogP contribution in [0.4, 0.5) is 5.82 Å². The van der Waals surface area contributed by atoms with Gasteiger partial charge in [-0.25, -0.2) is 0 Å². The van der Waals surface area contributed by atoms with E-state index < -0.39 is 0 Å². The lowest BCUT2D eigenvalue weighted by molar-refractivity contribution is 0.318. The highest BCUT2D eigenvalue weighted by Crippen LogP contribution is 2.28. The number of phenols is 1. The van der Waals surface area contributed by atoms with Gasteiger partial charge in [0.15, 0.2) is 22.5 Å². The van der Waals surface area contributed by atoms with Gasteiger partial charge in [-0.3, -0.25) is 5.43 Å². The van der Waals surface area contributed by atoms with Gasteiger partial charge in [-0.15, -0.1) is 10.2 Å². The molecule has 1 aromatic heterocycles. The number of nitrogens with one attached hydrogen (secondary N) is 1. The standard InChI is InChI=1S/C13H13ClN4O2/c1-2-20-10-5-3-4-9(13(10)19)8-15-17-12-7-6-11(14)16-18-12/h3-8,19H,2H2,1H3,(H,17,18). The molecule has 0 fully saturated rings. The van der Waals surface area contributed by atoms with Crippen LogP contribution in [0.5, 0.6) is 11.5 Å². The Morgan fingerprint density at radius 2 is 2.20 bits per heavy atom. The van der Waals surface area contributed by atoms with Crippen LogP contribution < -0.4 is 10.2 Å². The molecule has 0 atom stereocenters. The number of ether oxygens (including phenoxy) is 1. The van der Waals surface area contributed by atoms with Crippen LogP contribution in [0.15, 0.2) is 35.4 Å². The first-order valence-electron chi connectivity index (χ1n) is 5.93. The summed E-state index contributed by atoms with van der Waals surface area (Å²) in [4.78, 5) is 0. The summed E-state index contributed by atoms with van der Waals surface area (Å²) in [5.74, 6) is 0.913. The summed E-state index contributed by atoms with van der Waals surface area (Å²) in [5, 5.41) is 21.7. The van der Waals surface area contributed by atoms with Crippen LogP contribution in [0.3, 0.4) is 0 Å². The molecule has 0 bridgehead atoms. The molecular weight excluding hydrogens is 280 g/mol. The number of aromatic hydroxyl groups is 1. The summed E-state index contributed by atoms with van der Waals surface area (Å²) in [6.45, 7) is 2.33. The molecule has 0 saturated heterocycles. The number of hydrogen-bond donors (Lipinski definition) is 2. The molecule has 2 N–H and O–H groups in total. The lowest BCUT2D eigenvalue weighted by Crippen LogP contribution is -1.96. The van der Waals surface area contributed by atoms with E-state index in [1.165, 1.54) is 6.21 Å². The number of para-hydroxylation sites is 1. The minimum atomic E-state index is 0.0436. The van der Waals surface area contributed by atoms with Crippen LogP contribution in [-0.2, 0) is 0 Å². The maximum atomic E-state index is 9.96. The maximum absolute atomic E-state index is 9.96. The molecule has 1 heterocycles. The molecule has 104 valence electrons. The Morgan fingerprint density at radius 1 is 1.35 bits per heavy atom. The normalized spacial score (nSPS) is 10.7. The summed E-state index contributed by atoms with van der Waals surface area (Å²) in [6, 6.07) is 8.42. The number of halogens is 1. The number of anilines is 1. The SMILES string of the molecule is CCOc1cccc(C=NNc2ccc(Cl)nn2)c1O. The first-order valence-corrected chi connectivity index (χ1v) is 6.31. The molecule has 6 nitrogen and oxygen atoms in total. The molecule has 2 aromatic rings. The van der Waals surface area contributed by atoms with Gasteiger partial charge >= 0.3 is 0 Å². The zero-order valence-corrected chi connectivity index (χ0v) is 11.5. The molecule has 0 radical (unpaired) electrons. The van der Waals surface area contributed by atoms with Crippen LogP contribution in [0.25, 0.3) is 0 Å². The van der Waals surface area contributed by atoms with E-state index in [-0.39, 0.29) is 5.75 Å². The van der Waals surface area contributed by atoms with E-state index in [1.807, 2.05) is 6.92 Å². The Morgan fingerprint density at radius 3 is 2.90 bits per heavy atom. The van der Waals surface area contributed by atoms with E-state index in [9.17, 15) is 5.11 Å².